The van der Waals surface area contributed by atoms with Crippen LogP contribution in [0.4, 0.5) is 0 Å². The summed E-state index contributed by atoms with van der Waals surface area (Å²) in [7, 11) is 1.59. The van der Waals surface area contributed by atoms with E-state index in [4.69, 9.17) is 9.47 Å². The molecule has 0 saturated carbocycles. The first-order valence-electron chi connectivity index (χ1n) is 8.26. The standard InChI is InChI=1S/C17H22N4O4/c1-24-15-4-2-3-5-16(15)25-12-13-10-21(19-18-13)11-17(23)20-8-6-14(22)7-9-20/h2-5,10,14,22H,6-9,11-12H2,1H3. The number of benzene rings is 1. The number of methoxy groups -OCH3 is 1. The average molecular weight is 346 g/mol. The van der Waals surface area contributed by atoms with Crippen molar-refractivity contribution in [2.75, 3.05) is 20.2 Å². The molecule has 0 spiro atoms. The normalized spacial score (nSPS) is 15.2. The van der Waals surface area contributed by atoms with Crippen molar-refractivity contribution in [3.63, 3.8) is 0 Å². The van der Waals surface area contributed by atoms with Crippen LogP contribution in [0.3, 0.4) is 0 Å². The van der Waals surface area contributed by atoms with Gasteiger partial charge in [0.1, 0.15) is 18.8 Å². The lowest BCUT2D eigenvalue weighted by Crippen LogP contribution is -2.41. The Labute approximate surface area is 146 Å². The van der Waals surface area contributed by atoms with Crippen LogP contribution in [0.2, 0.25) is 0 Å². The highest BCUT2D eigenvalue weighted by molar-refractivity contribution is 5.76. The van der Waals surface area contributed by atoms with E-state index in [1.807, 2.05) is 24.3 Å². The molecule has 0 radical (unpaired) electrons. The van der Waals surface area contributed by atoms with Crippen molar-refractivity contribution in [3.8, 4) is 11.5 Å². The Hall–Kier alpha value is -2.61. The molecule has 8 nitrogen and oxygen atoms in total. The maximum absolute atomic E-state index is 12.3. The second-order valence-electron chi connectivity index (χ2n) is 5.96. The van der Waals surface area contributed by atoms with Crippen molar-refractivity contribution in [1.82, 2.24) is 19.9 Å². The van der Waals surface area contributed by atoms with Gasteiger partial charge in [0.05, 0.1) is 19.4 Å². The largest absolute Gasteiger partial charge is 0.493 e. The van der Waals surface area contributed by atoms with Crippen LogP contribution in [0, 0.1) is 0 Å². The Bertz CT molecular complexity index is 710. The van der Waals surface area contributed by atoms with Gasteiger partial charge in [0.2, 0.25) is 5.91 Å². The molecule has 0 bridgehead atoms. The molecular weight excluding hydrogens is 324 g/mol. The van der Waals surface area contributed by atoms with Gasteiger partial charge in [-0.25, -0.2) is 4.68 Å². The van der Waals surface area contributed by atoms with Gasteiger partial charge in [-0.1, -0.05) is 17.3 Å². The minimum atomic E-state index is -0.297. The summed E-state index contributed by atoms with van der Waals surface area (Å²) in [6, 6.07) is 7.37. The molecule has 0 unspecified atom stereocenters. The van der Waals surface area contributed by atoms with E-state index in [9.17, 15) is 9.90 Å². The number of rotatable bonds is 6. The van der Waals surface area contributed by atoms with E-state index in [1.165, 1.54) is 4.68 Å². The van der Waals surface area contributed by atoms with Gasteiger partial charge in [-0.15, -0.1) is 5.10 Å². The highest BCUT2D eigenvalue weighted by Crippen LogP contribution is 2.26. The van der Waals surface area contributed by atoms with Crippen LogP contribution in [0.5, 0.6) is 11.5 Å². The molecular formula is C17H22N4O4. The lowest BCUT2D eigenvalue weighted by atomic mass is 10.1. The van der Waals surface area contributed by atoms with Crippen LogP contribution in [-0.2, 0) is 17.9 Å². The van der Waals surface area contributed by atoms with Gasteiger partial charge in [0.15, 0.2) is 11.5 Å². The number of para-hydroxylation sites is 2. The molecule has 2 aromatic rings. The monoisotopic (exact) mass is 346 g/mol. The number of nitrogens with zero attached hydrogens (tertiary/aromatic N) is 4. The van der Waals surface area contributed by atoms with Crippen LogP contribution >= 0.6 is 0 Å². The minimum absolute atomic E-state index is 0.0194. The smallest absolute Gasteiger partial charge is 0.244 e. The fourth-order valence-electron chi connectivity index (χ4n) is 2.73. The first-order chi connectivity index (χ1) is 12.2. The summed E-state index contributed by atoms with van der Waals surface area (Å²) in [5, 5.41) is 17.5. The van der Waals surface area contributed by atoms with E-state index >= 15 is 0 Å². The number of ether oxygens (including phenoxy) is 2. The summed E-state index contributed by atoms with van der Waals surface area (Å²) < 4.78 is 12.4. The van der Waals surface area contributed by atoms with Crippen LogP contribution in [0.25, 0.3) is 0 Å². The number of aliphatic hydroxyl groups is 1. The number of likely N-dealkylation sites (tertiary alicyclic amines) is 1. The Morgan fingerprint density at radius 2 is 2.00 bits per heavy atom. The van der Waals surface area contributed by atoms with Crippen molar-refractivity contribution >= 4 is 5.91 Å². The number of aliphatic hydroxyl groups excluding tert-OH is 1. The summed E-state index contributed by atoms with van der Waals surface area (Å²) in [5.41, 5.74) is 0.632. The molecule has 1 aliphatic heterocycles. The second-order valence-corrected chi connectivity index (χ2v) is 5.96. The second kappa shape index (κ2) is 7.98. The highest BCUT2D eigenvalue weighted by Gasteiger charge is 2.21. The Kier molecular flexibility index (Phi) is 5.49. The SMILES string of the molecule is COc1ccccc1OCc1cn(CC(=O)N2CCC(O)CC2)nn1. The van der Waals surface area contributed by atoms with Gasteiger partial charge < -0.3 is 19.5 Å². The third-order valence-corrected chi connectivity index (χ3v) is 4.15. The van der Waals surface area contributed by atoms with E-state index in [1.54, 1.807) is 18.2 Å². The molecule has 134 valence electrons. The van der Waals surface area contributed by atoms with E-state index in [0.29, 0.717) is 43.1 Å². The number of carbonyl (C=O) groups excluding carboxylic acids is 1. The maximum Gasteiger partial charge on any atom is 0.244 e. The summed E-state index contributed by atoms with van der Waals surface area (Å²) in [6.45, 7) is 1.54. The van der Waals surface area contributed by atoms with Crippen molar-refractivity contribution in [2.45, 2.75) is 32.1 Å². The molecule has 25 heavy (non-hydrogen) atoms. The summed E-state index contributed by atoms with van der Waals surface area (Å²) in [6.07, 6.45) is 2.66. The maximum atomic E-state index is 12.3. The Balaban J connectivity index is 1.53. The molecule has 3 rings (SSSR count). The molecule has 1 fully saturated rings. The van der Waals surface area contributed by atoms with Crippen LogP contribution in [-0.4, -0.2) is 57.2 Å². The van der Waals surface area contributed by atoms with Gasteiger partial charge in [-0.3, -0.25) is 4.79 Å². The van der Waals surface area contributed by atoms with Gasteiger partial charge in [-0.2, -0.15) is 0 Å². The van der Waals surface area contributed by atoms with Crippen LogP contribution < -0.4 is 9.47 Å². The molecule has 1 aromatic heterocycles. The molecule has 1 aromatic carbocycles. The fourth-order valence-corrected chi connectivity index (χ4v) is 2.73. The minimum Gasteiger partial charge on any atom is -0.493 e. The van der Waals surface area contributed by atoms with Gasteiger partial charge in [0.25, 0.3) is 0 Å². The first-order valence-corrected chi connectivity index (χ1v) is 8.26. The van der Waals surface area contributed by atoms with Gasteiger partial charge in [0, 0.05) is 13.1 Å². The number of piperidine rings is 1. The van der Waals surface area contributed by atoms with E-state index in [0.717, 1.165) is 0 Å². The highest BCUT2D eigenvalue weighted by atomic mass is 16.5. The zero-order valence-corrected chi connectivity index (χ0v) is 14.2. The average Bonchev–Trinajstić information content (AvgIpc) is 3.08. The van der Waals surface area contributed by atoms with Crippen molar-refractivity contribution in [3.05, 3.63) is 36.2 Å². The predicted molar refractivity (Wildman–Crippen MR) is 89.2 cm³/mol. The summed E-state index contributed by atoms with van der Waals surface area (Å²) in [4.78, 5) is 14.0. The zero-order chi connectivity index (χ0) is 17.6. The molecule has 0 atom stereocenters. The van der Waals surface area contributed by atoms with Crippen molar-refractivity contribution in [1.29, 1.82) is 0 Å². The number of aromatic nitrogens is 3. The first kappa shape index (κ1) is 17.2. The van der Waals surface area contributed by atoms with E-state index in [-0.39, 0.29) is 25.2 Å². The third kappa shape index (κ3) is 4.48. The summed E-state index contributed by atoms with van der Waals surface area (Å²) in [5.74, 6) is 1.26. The van der Waals surface area contributed by atoms with Gasteiger partial charge >= 0.3 is 0 Å². The molecule has 0 aliphatic carbocycles. The Morgan fingerprint density at radius 1 is 1.28 bits per heavy atom. The van der Waals surface area contributed by atoms with E-state index < -0.39 is 0 Å². The van der Waals surface area contributed by atoms with Crippen LogP contribution in [0.1, 0.15) is 18.5 Å². The molecule has 1 aliphatic rings. The lowest BCUT2D eigenvalue weighted by molar-refractivity contribution is -0.134. The third-order valence-electron chi connectivity index (χ3n) is 4.15. The number of hydrogen-bond acceptors (Lipinski definition) is 6. The zero-order valence-electron chi connectivity index (χ0n) is 14.2. The molecule has 8 heteroatoms. The topological polar surface area (TPSA) is 89.7 Å². The quantitative estimate of drug-likeness (QED) is 0.834. The van der Waals surface area contributed by atoms with Crippen LogP contribution in [0.15, 0.2) is 30.5 Å². The molecule has 1 N–H and O–H groups in total. The molecule has 1 amide bonds. The number of amides is 1. The molecule has 1 saturated heterocycles. The summed E-state index contributed by atoms with van der Waals surface area (Å²) >= 11 is 0. The Morgan fingerprint density at radius 3 is 2.72 bits per heavy atom. The van der Waals surface area contributed by atoms with Gasteiger partial charge in [-0.05, 0) is 25.0 Å². The van der Waals surface area contributed by atoms with Crippen molar-refractivity contribution in [2.24, 2.45) is 0 Å². The van der Waals surface area contributed by atoms with E-state index in [2.05, 4.69) is 10.3 Å². The predicted octanol–water partition coefficient (Wildman–Crippen LogP) is 0.849. The number of hydrogen-bond donors (Lipinski definition) is 1. The fraction of sp³-hybridized carbons (Fsp3) is 0.471. The molecule has 2 heterocycles. The number of carbonyl (C=O) groups is 1. The van der Waals surface area contributed by atoms with Crippen molar-refractivity contribution < 1.29 is 19.4 Å². The lowest BCUT2D eigenvalue weighted by Gasteiger charge is -2.29.